The Kier molecular flexibility index (Phi) is 5.22. The molecule has 28 heavy (non-hydrogen) atoms. The molecule has 1 N–H and O–H groups in total. The number of hydrogen-bond donors (Lipinski definition) is 1. The SMILES string of the molecule is Cc1ccc(C)c(S(=O)(=O)NC(=O)c2nnn(-c3ccc(Cl)cc3F)c2C)c1. The van der Waals surface area contributed by atoms with Crippen LogP contribution < -0.4 is 4.72 Å². The van der Waals surface area contributed by atoms with Crippen molar-refractivity contribution in [1.29, 1.82) is 0 Å². The third-order valence-electron chi connectivity index (χ3n) is 4.11. The Morgan fingerprint density at radius 3 is 2.54 bits per heavy atom. The third-order valence-corrected chi connectivity index (χ3v) is 5.82. The fraction of sp³-hybridized carbons (Fsp3) is 0.167. The Hall–Kier alpha value is -2.78. The van der Waals surface area contributed by atoms with Crippen LogP contribution in [0.5, 0.6) is 0 Å². The van der Waals surface area contributed by atoms with Gasteiger partial charge in [0.1, 0.15) is 11.5 Å². The number of halogens is 2. The number of aromatic nitrogens is 3. The maximum Gasteiger partial charge on any atom is 0.287 e. The average molecular weight is 423 g/mol. The molecular weight excluding hydrogens is 407 g/mol. The lowest BCUT2D eigenvalue weighted by atomic mass is 10.2. The summed E-state index contributed by atoms with van der Waals surface area (Å²) in [7, 11) is -4.11. The molecular formula is C18H16ClFN4O3S. The highest BCUT2D eigenvalue weighted by atomic mass is 35.5. The van der Waals surface area contributed by atoms with Crippen molar-refractivity contribution in [3.63, 3.8) is 0 Å². The molecule has 146 valence electrons. The molecule has 0 radical (unpaired) electrons. The van der Waals surface area contributed by atoms with Crippen molar-refractivity contribution in [2.45, 2.75) is 25.7 Å². The van der Waals surface area contributed by atoms with E-state index in [9.17, 15) is 17.6 Å². The van der Waals surface area contributed by atoms with Gasteiger partial charge in [0.05, 0.1) is 10.6 Å². The summed E-state index contributed by atoms with van der Waals surface area (Å²) >= 11 is 5.74. The highest BCUT2D eigenvalue weighted by Gasteiger charge is 2.25. The second kappa shape index (κ2) is 7.33. The van der Waals surface area contributed by atoms with Crippen LogP contribution in [-0.4, -0.2) is 29.3 Å². The van der Waals surface area contributed by atoms with E-state index in [2.05, 4.69) is 10.3 Å². The predicted molar refractivity (Wildman–Crippen MR) is 102 cm³/mol. The van der Waals surface area contributed by atoms with Crippen molar-refractivity contribution in [2.75, 3.05) is 0 Å². The molecule has 1 aromatic heterocycles. The van der Waals surface area contributed by atoms with Crippen molar-refractivity contribution in [3.05, 3.63) is 69.8 Å². The number of aryl methyl sites for hydroxylation is 2. The zero-order valence-corrected chi connectivity index (χ0v) is 16.8. The van der Waals surface area contributed by atoms with Crippen molar-refractivity contribution in [2.24, 2.45) is 0 Å². The Morgan fingerprint density at radius 2 is 1.86 bits per heavy atom. The highest BCUT2D eigenvalue weighted by molar-refractivity contribution is 7.90. The first-order valence-corrected chi connectivity index (χ1v) is 9.98. The Balaban J connectivity index is 1.94. The molecule has 1 amide bonds. The van der Waals surface area contributed by atoms with Crippen LogP contribution in [0.3, 0.4) is 0 Å². The number of amides is 1. The standard InChI is InChI=1S/C18H16ClFN4O3S/c1-10-4-5-11(2)16(8-10)28(26,27)22-18(25)17-12(3)24(23-21-17)15-7-6-13(19)9-14(15)20/h4-9H,1-3H3,(H,22,25). The lowest BCUT2D eigenvalue weighted by Gasteiger charge is -2.10. The minimum absolute atomic E-state index is 0.00496. The first kappa shape index (κ1) is 20.0. The van der Waals surface area contributed by atoms with E-state index in [0.29, 0.717) is 5.56 Å². The molecule has 1 heterocycles. The smallest absolute Gasteiger partial charge is 0.266 e. The van der Waals surface area contributed by atoms with Gasteiger partial charge in [-0.3, -0.25) is 4.79 Å². The molecule has 0 saturated carbocycles. The van der Waals surface area contributed by atoms with E-state index in [-0.39, 0.29) is 27.0 Å². The second-order valence-electron chi connectivity index (χ2n) is 6.23. The summed E-state index contributed by atoms with van der Waals surface area (Å²) in [6.07, 6.45) is 0. The summed E-state index contributed by atoms with van der Waals surface area (Å²) in [5.41, 5.74) is 1.21. The lowest BCUT2D eigenvalue weighted by molar-refractivity contribution is 0.0976. The van der Waals surface area contributed by atoms with Crippen LogP contribution in [0.1, 0.15) is 27.3 Å². The number of carbonyl (C=O) groups is 1. The van der Waals surface area contributed by atoms with E-state index < -0.39 is 21.7 Å². The summed E-state index contributed by atoms with van der Waals surface area (Å²) < 4.78 is 42.4. The number of sulfonamides is 1. The van der Waals surface area contributed by atoms with Crippen LogP contribution in [0.15, 0.2) is 41.3 Å². The molecule has 7 nitrogen and oxygen atoms in total. The van der Waals surface area contributed by atoms with E-state index in [1.165, 1.54) is 25.1 Å². The summed E-state index contributed by atoms with van der Waals surface area (Å²) in [5, 5.41) is 7.68. The molecule has 10 heteroatoms. The lowest BCUT2D eigenvalue weighted by Crippen LogP contribution is -2.32. The molecule has 2 aromatic carbocycles. The summed E-state index contributed by atoms with van der Waals surface area (Å²) in [4.78, 5) is 12.5. The van der Waals surface area contributed by atoms with Crippen LogP contribution in [0.4, 0.5) is 4.39 Å². The van der Waals surface area contributed by atoms with E-state index in [1.54, 1.807) is 26.0 Å². The van der Waals surface area contributed by atoms with Gasteiger partial charge in [-0.2, -0.15) is 0 Å². The van der Waals surface area contributed by atoms with Crippen LogP contribution in [-0.2, 0) is 10.0 Å². The van der Waals surface area contributed by atoms with Crippen molar-refractivity contribution >= 4 is 27.5 Å². The molecule has 3 aromatic rings. The summed E-state index contributed by atoms with van der Waals surface area (Å²) in [6.45, 7) is 4.85. The van der Waals surface area contributed by atoms with Crippen LogP contribution in [0.2, 0.25) is 5.02 Å². The largest absolute Gasteiger partial charge is 0.287 e. The number of nitrogens with zero attached hydrogens (tertiary/aromatic N) is 3. The van der Waals surface area contributed by atoms with Crippen LogP contribution >= 0.6 is 11.6 Å². The van der Waals surface area contributed by atoms with Crippen molar-refractivity contribution < 1.29 is 17.6 Å². The zero-order chi connectivity index (χ0) is 20.6. The Labute approximate surface area is 166 Å². The first-order chi connectivity index (χ1) is 13.1. The van der Waals surface area contributed by atoms with Crippen molar-refractivity contribution in [1.82, 2.24) is 19.7 Å². The highest BCUT2D eigenvalue weighted by Crippen LogP contribution is 2.21. The molecule has 0 fully saturated rings. The maximum absolute atomic E-state index is 14.1. The molecule has 0 aliphatic rings. The summed E-state index contributed by atoms with van der Waals surface area (Å²) in [5.74, 6) is -1.62. The fourth-order valence-electron chi connectivity index (χ4n) is 2.64. The molecule has 0 spiro atoms. The van der Waals surface area contributed by atoms with Gasteiger partial charge in [0.2, 0.25) is 0 Å². The normalized spacial score (nSPS) is 11.5. The predicted octanol–water partition coefficient (Wildman–Crippen LogP) is 3.10. The van der Waals surface area contributed by atoms with Gasteiger partial charge in [-0.25, -0.2) is 22.2 Å². The molecule has 0 saturated heterocycles. The zero-order valence-electron chi connectivity index (χ0n) is 15.2. The van der Waals surface area contributed by atoms with E-state index >= 15 is 0 Å². The van der Waals surface area contributed by atoms with Gasteiger partial charge in [-0.15, -0.1) is 5.10 Å². The number of rotatable bonds is 4. The van der Waals surface area contributed by atoms with Gasteiger partial charge in [-0.1, -0.05) is 28.9 Å². The van der Waals surface area contributed by atoms with Gasteiger partial charge < -0.3 is 0 Å². The molecule has 0 bridgehead atoms. The van der Waals surface area contributed by atoms with Gasteiger partial charge in [-0.05, 0) is 56.2 Å². The van der Waals surface area contributed by atoms with Crippen LogP contribution in [0.25, 0.3) is 5.69 Å². The minimum Gasteiger partial charge on any atom is -0.266 e. The Bertz CT molecular complexity index is 1190. The monoisotopic (exact) mass is 422 g/mol. The van der Waals surface area contributed by atoms with E-state index in [4.69, 9.17) is 11.6 Å². The number of benzene rings is 2. The fourth-order valence-corrected chi connectivity index (χ4v) is 4.09. The quantitative estimate of drug-likeness (QED) is 0.697. The van der Waals surface area contributed by atoms with Crippen LogP contribution in [0, 0.1) is 26.6 Å². The van der Waals surface area contributed by atoms with Gasteiger partial charge in [0.15, 0.2) is 5.69 Å². The molecule has 0 aliphatic heterocycles. The molecule has 0 unspecified atom stereocenters. The van der Waals surface area contributed by atoms with E-state index in [0.717, 1.165) is 16.3 Å². The van der Waals surface area contributed by atoms with E-state index in [1.807, 2.05) is 4.72 Å². The Morgan fingerprint density at radius 1 is 1.14 bits per heavy atom. The molecule has 3 rings (SSSR count). The average Bonchev–Trinajstić information content (AvgIpc) is 2.98. The molecule has 0 atom stereocenters. The number of nitrogens with one attached hydrogen (secondary N) is 1. The number of carbonyl (C=O) groups excluding carboxylic acids is 1. The van der Waals surface area contributed by atoms with Gasteiger partial charge in [0, 0.05) is 5.02 Å². The minimum atomic E-state index is -4.11. The van der Waals surface area contributed by atoms with Gasteiger partial charge in [0.25, 0.3) is 15.9 Å². The topological polar surface area (TPSA) is 93.9 Å². The second-order valence-corrected chi connectivity index (χ2v) is 8.32. The van der Waals surface area contributed by atoms with Gasteiger partial charge >= 0.3 is 0 Å². The maximum atomic E-state index is 14.1. The summed E-state index contributed by atoms with van der Waals surface area (Å²) in [6, 6.07) is 8.84. The third kappa shape index (κ3) is 3.76. The van der Waals surface area contributed by atoms with Crippen molar-refractivity contribution in [3.8, 4) is 5.69 Å². The number of hydrogen-bond acceptors (Lipinski definition) is 5. The molecule has 0 aliphatic carbocycles. The first-order valence-electron chi connectivity index (χ1n) is 8.12.